The van der Waals surface area contributed by atoms with Crippen molar-refractivity contribution in [2.24, 2.45) is 0 Å². The van der Waals surface area contributed by atoms with Gasteiger partial charge in [-0.25, -0.2) is 9.37 Å². The Morgan fingerprint density at radius 3 is 2.94 bits per heavy atom. The van der Waals surface area contributed by atoms with Gasteiger partial charge in [0.05, 0.1) is 17.6 Å². The minimum Gasteiger partial charge on any atom is -0.395 e. The molecule has 1 heterocycles. The number of halogens is 1. The summed E-state index contributed by atoms with van der Waals surface area (Å²) in [6.45, 7) is 3.56. The van der Waals surface area contributed by atoms with E-state index < -0.39 is 0 Å². The van der Waals surface area contributed by atoms with Crippen molar-refractivity contribution in [1.82, 2.24) is 9.97 Å². The zero-order valence-corrected chi connectivity index (χ0v) is 10.5. The molecule has 0 aliphatic rings. The maximum absolute atomic E-state index is 13.1. The number of aromatic nitrogens is 2. The van der Waals surface area contributed by atoms with Gasteiger partial charge in [-0.1, -0.05) is 13.3 Å². The molecule has 2 aromatic rings. The number of benzene rings is 1. The molecule has 5 heteroatoms. The van der Waals surface area contributed by atoms with Gasteiger partial charge in [0.2, 0.25) is 5.95 Å². The van der Waals surface area contributed by atoms with E-state index in [-0.39, 0.29) is 12.4 Å². The van der Waals surface area contributed by atoms with E-state index in [0.29, 0.717) is 18.0 Å². The highest BCUT2D eigenvalue weighted by molar-refractivity contribution is 5.77. The van der Waals surface area contributed by atoms with E-state index in [1.165, 1.54) is 12.1 Å². The molecule has 0 bridgehead atoms. The highest BCUT2D eigenvalue weighted by atomic mass is 19.1. The van der Waals surface area contributed by atoms with E-state index in [4.69, 9.17) is 5.11 Å². The summed E-state index contributed by atoms with van der Waals surface area (Å²) in [5.41, 5.74) is 1.43. The van der Waals surface area contributed by atoms with Gasteiger partial charge >= 0.3 is 0 Å². The molecule has 18 heavy (non-hydrogen) atoms. The summed E-state index contributed by atoms with van der Waals surface area (Å²) in [7, 11) is 0. The molecular formula is C13H18FN3O. The van der Waals surface area contributed by atoms with Crippen molar-refractivity contribution in [3.8, 4) is 0 Å². The molecule has 4 nitrogen and oxygen atoms in total. The first-order chi connectivity index (χ1) is 8.74. The van der Waals surface area contributed by atoms with Crippen LogP contribution in [0.2, 0.25) is 0 Å². The van der Waals surface area contributed by atoms with Crippen LogP contribution in [-0.4, -0.2) is 34.8 Å². The second-order valence-corrected chi connectivity index (χ2v) is 4.29. The first-order valence-electron chi connectivity index (χ1n) is 6.25. The number of aliphatic hydroxyl groups is 1. The first-order valence-corrected chi connectivity index (χ1v) is 6.25. The highest BCUT2D eigenvalue weighted by Gasteiger charge is 2.10. The molecule has 0 atom stereocenters. The summed E-state index contributed by atoms with van der Waals surface area (Å²) >= 11 is 0. The minimum absolute atomic E-state index is 0.0785. The number of aromatic amines is 1. The first kappa shape index (κ1) is 12.8. The average Bonchev–Trinajstić information content (AvgIpc) is 2.77. The van der Waals surface area contributed by atoms with Crippen LogP contribution in [0.25, 0.3) is 11.0 Å². The van der Waals surface area contributed by atoms with Crippen LogP contribution in [0.1, 0.15) is 19.8 Å². The van der Waals surface area contributed by atoms with Gasteiger partial charge in [0.25, 0.3) is 0 Å². The molecule has 0 spiro atoms. The van der Waals surface area contributed by atoms with Gasteiger partial charge in [-0.2, -0.15) is 0 Å². The third kappa shape index (κ3) is 2.79. The van der Waals surface area contributed by atoms with Gasteiger partial charge in [-0.05, 0) is 24.6 Å². The molecular weight excluding hydrogens is 233 g/mol. The second kappa shape index (κ2) is 5.82. The topological polar surface area (TPSA) is 52.1 Å². The number of aliphatic hydroxyl groups excluding tert-OH is 1. The van der Waals surface area contributed by atoms with Gasteiger partial charge in [0, 0.05) is 13.1 Å². The Morgan fingerprint density at radius 1 is 1.39 bits per heavy atom. The number of unbranched alkanes of at least 4 members (excludes halogenated alkanes) is 1. The lowest BCUT2D eigenvalue weighted by atomic mass is 10.3. The smallest absolute Gasteiger partial charge is 0.203 e. The zero-order chi connectivity index (χ0) is 13.0. The number of nitrogens with zero attached hydrogens (tertiary/aromatic N) is 2. The molecule has 0 saturated heterocycles. The third-order valence-corrected chi connectivity index (χ3v) is 2.88. The fourth-order valence-corrected chi connectivity index (χ4v) is 1.91. The molecule has 1 aromatic carbocycles. The molecule has 1 aromatic heterocycles. The maximum atomic E-state index is 13.1. The van der Waals surface area contributed by atoms with Crippen molar-refractivity contribution in [3.05, 3.63) is 24.0 Å². The van der Waals surface area contributed by atoms with Crippen LogP contribution in [0.15, 0.2) is 18.2 Å². The lowest BCUT2D eigenvalue weighted by molar-refractivity contribution is 0.301. The Morgan fingerprint density at radius 2 is 2.22 bits per heavy atom. The molecule has 0 aliphatic heterocycles. The quantitative estimate of drug-likeness (QED) is 0.828. The molecule has 0 fully saturated rings. The summed E-state index contributed by atoms with van der Waals surface area (Å²) in [5, 5.41) is 9.07. The van der Waals surface area contributed by atoms with Crippen LogP contribution in [0.3, 0.4) is 0 Å². The summed E-state index contributed by atoms with van der Waals surface area (Å²) in [6.07, 6.45) is 2.11. The number of hydrogen-bond donors (Lipinski definition) is 2. The number of rotatable bonds is 6. The lowest BCUT2D eigenvalue weighted by Crippen LogP contribution is -2.28. The standard InChI is InChI=1S/C13H18FN3O/c1-2-3-6-17(7-8-18)13-15-11-5-4-10(14)9-12(11)16-13/h4-5,9,18H,2-3,6-8H2,1H3,(H,15,16). The Bertz CT molecular complexity index is 512. The molecule has 98 valence electrons. The Hall–Kier alpha value is -1.62. The van der Waals surface area contributed by atoms with E-state index >= 15 is 0 Å². The molecule has 0 saturated carbocycles. The Kier molecular flexibility index (Phi) is 4.15. The van der Waals surface area contributed by atoms with Gasteiger partial charge in [0.1, 0.15) is 5.82 Å². The van der Waals surface area contributed by atoms with Crippen molar-refractivity contribution in [3.63, 3.8) is 0 Å². The van der Waals surface area contributed by atoms with Crippen molar-refractivity contribution >= 4 is 17.0 Å². The van der Waals surface area contributed by atoms with Gasteiger partial charge in [-0.3, -0.25) is 0 Å². The largest absolute Gasteiger partial charge is 0.395 e. The lowest BCUT2D eigenvalue weighted by Gasteiger charge is -2.20. The number of nitrogens with one attached hydrogen (secondary N) is 1. The average molecular weight is 251 g/mol. The molecule has 0 aliphatic carbocycles. The van der Waals surface area contributed by atoms with E-state index in [9.17, 15) is 4.39 Å². The van der Waals surface area contributed by atoms with Gasteiger partial charge in [-0.15, -0.1) is 0 Å². The predicted octanol–water partition coefficient (Wildman–Crippen LogP) is 2.30. The fourth-order valence-electron chi connectivity index (χ4n) is 1.91. The number of fused-ring (bicyclic) bond motifs is 1. The van der Waals surface area contributed by atoms with Gasteiger partial charge < -0.3 is 15.0 Å². The van der Waals surface area contributed by atoms with Crippen molar-refractivity contribution in [2.75, 3.05) is 24.6 Å². The van der Waals surface area contributed by atoms with Crippen molar-refractivity contribution in [1.29, 1.82) is 0 Å². The molecule has 0 unspecified atom stereocenters. The monoisotopic (exact) mass is 251 g/mol. The molecule has 0 amide bonds. The van der Waals surface area contributed by atoms with Crippen LogP contribution >= 0.6 is 0 Å². The van der Waals surface area contributed by atoms with Crippen molar-refractivity contribution < 1.29 is 9.50 Å². The SMILES string of the molecule is CCCCN(CCO)c1nc2ccc(F)cc2[nH]1. The number of imidazole rings is 1. The predicted molar refractivity (Wildman–Crippen MR) is 70.3 cm³/mol. The number of H-pyrrole nitrogens is 1. The van der Waals surface area contributed by atoms with E-state index in [1.54, 1.807) is 6.07 Å². The molecule has 0 radical (unpaired) electrons. The molecule has 2 rings (SSSR count). The number of hydrogen-bond acceptors (Lipinski definition) is 3. The third-order valence-electron chi connectivity index (χ3n) is 2.88. The highest BCUT2D eigenvalue weighted by Crippen LogP contribution is 2.18. The maximum Gasteiger partial charge on any atom is 0.203 e. The van der Waals surface area contributed by atoms with Gasteiger partial charge in [0.15, 0.2) is 0 Å². The van der Waals surface area contributed by atoms with Crippen molar-refractivity contribution in [2.45, 2.75) is 19.8 Å². The van der Waals surface area contributed by atoms with E-state index in [1.807, 2.05) is 4.90 Å². The minimum atomic E-state index is -0.278. The van der Waals surface area contributed by atoms with Crippen LogP contribution in [0, 0.1) is 5.82 Å². The fraction of sp³-hybridized carbons (Fsp3) is 0.462. The summed E-state index contributed by atoms with van der Waals surface area (Å²) in [6, 6.07) is 4.49. The van der Waals surface area contributed by atoms with E-state index in [0.717, 1.165) is 24.9 Å². The molecule has 2 N–H and O–H groups in total. The van der Waals surface area contributed by atoms with Crippen LogP contribution in [0.4, 0.5) is 10.3 Å². The second-order valence-electron chi connectivity index (χ2n) is 4.29. The zero-order valence-electron chi connectivity index (χ0n) is 10.5. The van der Waals surface area contributed by atoms with Crippen LogP contribution in [-0.2, 0) is 0 Å². The Labute approximate surface area is 105 Å². The van der Waals surface area contributed by atoms with E-state index in [2.05, 4.69) is 16.9 Å². The normalized spacial score (nSPS) is 11.1. The number of anilines is 1. The summed E-state index contributed by atoms with van der Waals surface area (Å²) in [5.74, 6) is 0.415. The van der Waals surface area contributed by atoms with Crippen LogP contribution < -0.4 is 4.90 Å². The van der Waals surface area contributed by atoms with Crippen LogP contribution in [0.5, 0.6) is 0 Å². The Balaban J connectivity index is 2.26. The summed E-state index contributed by atoms with van der Waals surface area (Å²) in [4.78, 5) is 9.50. The summed E-state index contributed by atoms with van der Waals surface area (Å²) < 4.78 is 13.1.